The highest BCUT2D eigenvalue weighted by molar-refractivity contribution is 14.1. The van der Waals surface area contributed by atoms with Gasteiger partial charge in [0.25, 0.3) is 0 Å². The molecule has 0 aromatic carbocycles. The Bertz CT molecular complexity index is 223. The van der Waals surface area contributed by atoms with Gasteiger partial charge in [0.1, 0.15) is 0 Å². The van der Waals surface area contributed by atoms with E-state index in [9.17, 15) is 0 Å². The molecule has 0 aliphatic carbocycles. The molecular weight excluding hydrogens is 267 g/mol. The molecule has 1 rings (SSSR count). The molecule has 0 saturated heterocycles. The van der Waals surface area contributed by atoms with Gasteiger partial charge in [-0.2, -0.15) is 0 Å². The Morgan fingerprint density at radius 3 is 3.08 bits per heavy atom. The Balaban J connectivity index is 2.15. The van der Waals surface area contributed by atoms with Gasteiger partial charge in [-0.15, -0.1) is 5.10 Å². The van der Waals surface area contributed by atoms with Crippen molar-refractivity contribution in [3.05, 3.63) is 11.9 Å². The Morgan fingerprint density at radius 1 is 1.67 bits per heavy atom. The van der Waals surface area contributed by atoms with E-state index in [1.165, 1.54) is 10.8 Å². The summed E-state index contributed by atoms with van der Waals surface area (Å²) in [4.78, 5) is 0. The second-order valence-corrected chi connectivity index (χ2v) is 3.68. The molecular formula is C7H13IN4. The molecule has 1 heterocycles. The molecule has 12 heavy (non-hydrogen) atoms. The third-order valence-electron chi connectivity index (χ3n) is 1.44. The predicted octanol–water partition coefficient (Wildman–Crippen LogP) is 0.730. The molecule has 0 spiro atoms. The van der Waals surface area contributed by atoms with Crippen LogP contribution in [0.5, 0.6) is 0 Å². The van der Waals surface area contributed by atoms with Crippen molar-refractivity contribution in [2.24, 2.45) is 7.05 Å². The van der Waals surface area contributed by atoms with E-state index >= 15 is 0 Å². The fraction of sp³-hybridized carbons (Fsp3) is 0.714. The minimum Gasteiger partial charge on any atom is -0.311 e. The molecule has 0 saturated carbocycles. The highest BCUT2D eigenvalue weighted by Crippen LogP contribution is 1.91. The first-order valence-electron chi connectivity index (χ1n) is 3.95. The summed E-state index contributed by atoms with van der Waals surface area (Å²) in [6.07, 6.45) is 3.14. The largest absolute Gasteiger partial charge is 0.311 e. The Morgan fingerprint density at radius 2 is 2.50 bits per heavy atom. The second kappa shape index (κ2) is 5.47. The topological polar surface area (TPSA) is 42.7 Å². The number of halogens is 1. The smallest absolute Gasteiger partial charge is 0.0964 e. The van der Waals surface area contributed by atoms with E-state index < -0.39 is 0 Å². The van der Waals surface area contributed by atoms with E-state index in [0.717, 1.165) is 18.8 Å². The normalized spacial score (nSPS) is 10.5. The molecule has 0 radical (unpaired) electrons. The first kappa shape index (κ1) is 9.91. The maximum absolute atomic E-state index is 3.96. The van der Waals surface area contributed by atoms with Crippen molar-refractivity contribution in [1.29, 1.82) is 0 Å². The molecule has 5 heteroatoms. The van der Waals surface area contributed by atoms with Gasteiger partial charge in [0.2, 0.25) is 0 Å². The maximum Gasteiger partial charge on any atom is 0.0964 e. The first-order chi connectivity index (χ1) is 5.83. The van der Waals surface area contributed by atoms with Gasteiger partial charge in [-0.1, -0.05) is 27.8 Å². The maximum atomic E-state index is 3.96. The lowest BCUT2D eigenvalue weighted by atomic mass is 10.4. The van der Waals surface area contributed by atoms with Gasteiger partial charge in [0.15, 0.2) is 0 Å². The van der Waals surface area contributed by atoms with Gasteiger partial charge >= 0.3 is 0 Å². The lowest BCUT2D eigenvalue weighted by molar-refractivity contribution is 0.665. The summed E-state index contributed by atoms with van der Waals surface area (Å²) in [6, 6.07) is 0. The molecule has 68 valence electrons. The molecule has 0 atom stereocenters. The second-order valence-electron chi connectivity index (χ2n) is 2.60. The molecule has 0 fully saturated rings. The number of hydrogen-bond donors (Lipinski definition) is 1. The lowest BCUT2D eigenvalue weighted by Crippen LogP contribution is -2.15. The fourth-order valence-corrected chi connectivity index (χ4v) is 1.27. The summed E-state index contributed by atoms with van der Waals surface area (Å²) >= 11 is 2.37. The molecule has 0 amide bonds. The average molecular weight is 280 g/mol. The predicted molar refractivity (Wildman–Crippen MR) is 56.2 cm³/mol. The van der Waals surface area contributed by atoms with Crippen LogP contribution < -0.4 is 5.32 Å². The van der Waals surface area contributed by atoms with Gasteiger partial charge in [-0.05, 0) is 13.0 Å². The minimum atomic E-state index is 0.824. The summed E-state index contributed by atoms with van der Waals surface area (Å²) < 4.78 is 2.92. The van der Waals surface area contributed by atoms with E-state index in [1.807, 2.05) is 13.2 Å². The fourth-order valence-electron chi connectivity index (χ4n) is 0.885. The molecule has 4 nitrogen and oxygen atoms in total. The number of aromatic nitrogens is 3. The van der Waals surface area contributed by atoms with Crippen molar-refractivity contribution in [3.63, 3.8) is 0 Å². The van der Waals surface area contributed by atoms with E-state index in [2.05, 4.69) is 38.2 Å². The number of rotatable bonds is 5. The number of nitrogens with one attached hydrogen (secondary N) is 1. The Hall–Kier alpha value is -0.170. The van der Waals surface area contributed by atoms with Gasteiger partial charge in [0.05, 0.1) is 5.69 Å². The van der Waals surface area contributed by atoms with Crippen LogP contribution in [-0.4, -0.2) is 26.0 Å². The highest BCUT2D eigenvalue weighted by atomic mass is 127. The molecule has 0 bridgehead atoms. The quantitative estimate of drug-likeness (QED) is 0.491. The summed E-state index contributed by atoms with van der Waals surface area (Å²) in [7, 11) is 1.88. The van der Waals surface area contributed by atoms with E-state index in [1.54, 1.807) is 4.68 Å². The molecule has 1 aromatic heterocycles. The summed E-state index contributed by atoms with van der Waals surface area (Å²) in [6.45, 7) is 1.88. The SMILES string of the molecule is Cn1cc(CNCCCI)nn1. The van der Waals surface area contributed by atoms with Crippen molar-refractivity contribution in [2.45, 2.75) is 13.0 Å². The standard InChI is InChI=1S/C7H13IN4/c1-12-6-7(10-11-12)5-9-4-2-3-8/h6,9H,2-5H2,1H3. The van der Waals surface area contributed by atoms with Gasteiger partial charge in [0, 0.05) is 24.2 Å². The zero-order valence-corrected chi connectivity index (χ0v) is 9.28. The monoisotopic (exact) mass is 280 g/mol. The Labute approximate surface area is 85.9 Å². The molecule has 0 unspecified atom stereocenters. The number of alkyl halides is 1. The molecule has 1 N–H and O–H groups in total. The van der Waals surface area contributed by atoms with Crippen LogP contribution in [0, 0.1) is 0 Å². The minimum absolute atomic E-state index is 0.824. The summed E-state index contributed by atoms with van der Waals surface area (Å²) in [5, 5.41) is 11.1. The number of nitrogens with zero attached hydrogens (tertiary/aromatic N) is 3. The first-order valence-corrected chi connectivity index (χ1v) is 5.47. The van der Waals surface area contributed by atoms with Crippen LogP contribution in [0.4, 0.5) is 0 Å². The van der Waals surface area contributed by atoms with Crippen LogP contribution >= 0.6 is 22.6 Å². The third kappa shape index (κ3) is 3.48. The molecule has 1 aromatic rings. The van der Waals surface area contributed by atoms with Crippen LogP contribution in [0.15, 0.2) is 6.20 Å². The zero-order chi connectivity index (χ0) is 8.81. The summed E-state index contributed by atoms with van der Waals surface area (Å²) in [5.41, 5.74) is 1.01. The van der Waals surface area contributed by atoms with E-state index in [-0.39, 0.29) is 0 Å². The van der Waals surface area contributed by atoms with E-state index in [0.29, 0.717) is 0 Å². The van der Waals surface area contributed by atoms with Gasteiger partial charge in [-0.25, -0.2) is 0 Å². The lowest BCUT2D eigenvalue weighted by Gasteiger charge is -1.98. The Kier molecular flexibility index (Phi) is 4.52. The van der Waals surface area contributed by atoms with Crippen LogP contribution in [-0.2, 0) is 13.6 Å². The van der Waals surface area contributed by atoms with Crippen LogP contribution in [0.3, 0.4) is 0 Å². The third-order valence-corrected chi connectivity index (χ3v) is 2.21. The van der Waals surface area contributed by atoms with Crippen molar-refractivity contribution < 1.29 is 0 Å². The van der Waals surface area contributed by atoms with Crippen molar-refractivity contribution in [3.8, 4) is 0 Å². The van der Waals surface area contributed by atoms with Crippen molar-refractivity contribution in [1.82, 2.24) is 20.3 Å². The van der Waals surface area contributed by atoms with Crippen LogP contribution in [0.25, 0.3) is 0 Å². The van der Waals surface area contributed by atoms with Gasteiger partial charge < -0.3 is 5.32 Å². The van der Waals surface area contributed by atoms with Gasteiger partial charge in [-0.3, -0.25) is 4.68 Å². The zero-order valence-electron chi connectivity index (χ0n) is 7.13. The number of hydrogen-bond acceptors (Lipinski definition) is 3. The van der Waals surface area contributed by atoms with E-state index in [4.69, 9.17) is 0 Å². The van der Waals surface area contributed by atoms with Crippen LogP contribution in [0.1, 0.15) is 12.1 Å². The highest BCUT2D eigenvalue weighted by Gasteiger charge is 1.95. The number of aryl methyl sites for hydroxylation is 1. The average Bonchev–Trinajstić information content (AvgIpc) is 2.45. The van der Waals surface area contributed by atoms with Crippen LogP contribution in [0.2, 0.25) is 0 Å². The summed E-state index contributed by atoms with van der Waals surface area (Å²) in [5.74, 6) is 0. The van der Waals surface area contributed by atoms with Crippen molar-refractivity contribution in [2.75, 3.05) is 11.0 Å². The molecule has 0 aliphatic rings. The van der Waals surface area contributed by atoms with Crippen molar-refractivity contribution >= 4 is 22.6 Å². The molecule has 0 aliphatic heterocycles.